The van der Waals surface area contributed by atoms with E-state index < -0.39 is 12.0 Å². The summed E-state index contributed by atoms with van der Waals surface area (Å²) in [5, 5.41) is 2.84. The molecule has 0 aromatic heterocycles. The van der Waals surface area contributed by atoms with Crippen molar-refractivity contribution < 1.29 is 23.8 Å². The van der Waals surface area contributed by atoms with Crippen LogP contribution in [0.1, 0.15) is 23.6 Å². The maximum Gasteiger partial charge on any atom is 0.307 e. The minimum absolute atomic E-state index is 0.0449. The number of methoxy groups -OCH3 is 2. The molecule has 29 heavy (non-hydrogen) atoms. The molecule has 0 bridgehead atoms. The molecule has 1 amide bonds. The van der Waals surface area contributed by atoms with E-state index in [1.165, 1.54) is 13.2 Å². The van der Waals surface area contributed by atoms with Gasteiger partial charge in [-0.1, -0.05) is 49.1 Å². The van der Waals surface area contributed by atoms with E-state index in [1.807, 2.05) is 36.4 Å². The third-order valence-electron chi connectivity index (χ3n) is 4.09. The van der Waals surface area contributed by atoms with E-state index in [9.17, 15) is 9.59 Å². The van der Waals surface area contributed by atoms with E-state index in [4.69, 9.17) is 14.2 Å². The van der Waals surface area contributed by atoms with E-state index in [0.717, 1.165) is 11.1 Å². The van der Waals surface area contributed by atoms with Gasteiger partial charge >= 0.3 is 5.97 Å². The Bertz CT molecular complexity index is 861. The summed E-state index contributed by atoms with van der Waals surface area (Å²) in [5.74, 6) is 0.426. The van der Waals surface area contributed by atoms with Gasteiger partial charge in [0.1, 0.15) is 6.61 Å². The van der Waals surface area contributed by atoms with Gasteiger partial charge in [-0.2, -0.15) is 0 Å². The molecule has 0 saturated heterocycles. The van der Waals surface area contributed by atoms with Crippen LogP contribution >= 0.6 is 0 Å². The van der Waals surface area contributed by atoms with E-state index in [2.05, 4.69) is 11.9 Å². The molecule has 0 heterocycles. The summed E-state index contributed by atoms with van der Waals surface area (Å²) in [6.07, 6.45) is 4.76. The van der Waals surface area contributed by atoms with E-state index in [0.29, 0.717) is 18.1 Å². The molecule has 2 rings (SSSR count). The SMILES string of the molecule is C=CCOc1ccc(/C=C/C(=O)NC(CC(=O)OC)c2ccccc2)cc1OC. The average Bonchev–Trinajstić information content (AvgIpc) is 2.76. The first-order valence-electron chi connectivity index (χ1n) is 9.09. The van der Waals surface area contributed by atoms with Crippen LogP contribution in [0.25, 0.3) is 6.08 Å². The summed E-state index contributed by atoms with van der Waals surface area (Å²) in [4.78, 5) is 24.1. The summed E-state index contributed by atoms with van der Waals surface area (Å²) in [5.41, 5.74) is 1.59. The second-order valence-electron chi connectivity index (χ2n) is 6.10. The number of nitrogens with one attached hydrogen (secondary N) is 1. The molecule has 2 aromatic rings. The molecule has 6 heteroatoms. The summed E-state index contributed by atoms with van der Waals surface area (Å²) in [6.45, 7) is 3.99. The summed E-state index contributed by atoms with van der Waals surface area (Å²) < 4.78 is 15.6. The highest BCUT2D eigenvalue weighted by Gasteiger charge is 2.17. The monoisotopic (exact) mass is 395 g/mol. The van der Waals surface area contributed by atoms with Gasteiger partial charge in [-0.05, 0) is 29.3 Å². The van der Waals surface area contributed by atoms with Crippen LogP contribution in [0.5, 0.6) is 11.5 Å². The van der Waals surface area contributed by atoms with Gasteiger partial charge in [0.25, 0.3) is 0 Å². The van der Waals surface area contributed by atoms with E-state index >= 15 is 0 Å². The van der Waals surface area contributed by atoms with Crippen molar-refractivity contribution in [2.75, 3.05) is 20.8 Å². The third kappa shape index (κ3) is 6.84. The smallest absolute Gasteiger partial charge is 0.307 e. The van der Waals surface area contributed by atoms with Gasteiger partial charge in [0.2, 0.25) is 5.91 Å². The Kier molecular flexibility index (Phi) is 8.51. The fraction of sp³-hybridized carbons (Fsp3) is 0.217. The first-order valence-corrected chi connectivity index (χ1v) is 9.09. The Morgan fingerprint density at radius 1 is 1.10 bits per heavy atom. The molecule has 0 aliphatic carbocycles. The van der Waals surface area contributed by atoms with Crippen molar-refractivity contribution in [1.82, 2.24) is 5.32 Å². The Morgan fingerprint density at radius 3 is 2.52 bits per heavy atom. The Labute approximate surface area is 170 Å². The number of carbonyl (C=O) groups excluding carboxylic acids is 2. The highest BCUT2D eigenvalue weighted by atomic mass is 16.5. The number of rotatable bonds is 10. The van der Waals surface area contributed by atoms with Crippen molar-refractivity contribution in [1.29, 1.82) is 0 Å². The Hall–Kier alpha value is -3.54. The molecule has 0 radical (unpaired) electrons. The predicted octanol–water partition coefficient (Wildman–Crippen LogP) is 3.69. The van der Waals surface area contributed by atoms with Gasteiger partial charge in [-0.15, -0.1) is 0 Å². The number of ether oxygens (including phenoxy) is 3. The fourth-order valence-corrected chi connectivity index (χ4v) is 2.64. The van der Waals surface area contributed by atoms with Crippen LogP contribution in [0.4, 0.5) is 0 Å². The number of hydrogen-bond acceptors (Lipinski definition) is 5. The predicted molar refractivity (Wildman–Crippen MR) is 112 cm³/mol. The molecule has 6 nitrogen and oxygen atoms in total. The molecule has 0 fully saturated rings. The lowest BCUT2D eigenvalue weighted by Crippen LogP contribution is -2.29. The molecule has 152 valence electrons. The van der Waals surface area contributed by atoms with Crippen molar-refractivity contribution in [3.05, 3.63) is 78.4 Å². The number of hydrogen-bond donors (Lipinski definition) is 1. The lowest BCUT2D eigenvalue weighted by Gasteiger charge is -2.17. The van der Waals surface area contributed by atoms with Crippen LogP contribution in [0.2, 0.25) is 0 Å². The zero-order valence-electron chi connectivity index (χ0n) is 16.6. The van der Waals surface area contributed by atoms with Crippen molar-refractivity contribution in [3.8, 4) is 11.5 Å². The van der Waals surface area contributed by atoms with Crippen LogP contribution in [-0.2, 0) is 14.3 Å². The maximum absolute atomic E-state index is 12.4. The van der Waals surface area contributed by atoms with Gasteiger partial charge in [-0.3, -0.25) is 9.59 Å². The molecule has 0 spiro atoms. The molecule has 0 saturated carbocycles. The maximum atomic E-state index is 12.4. The van der Waals surface area contributed by atoms with Crippen molar-refractivity contribution in [2.45, 2.75) is 12.5 Å². The Morgan fingerprint density at radius 2 is 1.86 bits per heavy atom. The quantitative estimate of drug-likeness (QED) is 0.377. The van der Waals surface area contributed by atoms with Crippen molar-refractivity contribution in [2.24, 2.45) is 0 Å². The number of carbonyl (C=O) groups is 2. The van der Waals surface area contributed by atoms with Gasteiger partial charge in [0, 0.05) is 6.08 Å². The molecule has 0 aliphatic heterocycles. The van der Waals surface area contributed by atoms with Gasteiger partial charge in [0.05, 0.1) is 26.7 Å². The van der Waals surface area contributed by atoms with Crippen LogP contribution < -0.4 is 14.8 Å². The molecular weight excluding hydrogens is 370 g/mol. The van der Waals surface area contributed by atoms with Gasteiger partial charge in [-0.25, -0.2) is 0 Å². The van der Waals surface area contributed by atoms with E-state index in [1.54, 1.807) is 31.4 Å². The second kappa shape index (κ2) is 11.3. The van der Waals surface area contributed by atoms with Crippen molar-refractivity contribution in [3.63, 3.8) is 0 Å². The second-order valence-corrected chi connectivity index (χ2v) is 6.10. The molecule has 2 aromatic carbocycles. The topological polar surface area (TPSA) is 73.9 Å². The lowest BCUT2D eigenvalue weighted by molar-refractivity contribution is -0.141. The molecular formula is C23H25NO5. The lowest BCUT2D eigenvalue weighted by atomic mass is 10.0. The highest BCUT2D eigenvalue weighted by Crippen LogP contribution is 2.28. The molecule has 0 aliphatic rings. The van der Waals surface area contributed by atoms with Crippen LogP contribution in [0.3, 0.4) is 0 Å². The normalized spacial score (nSPS) is 11.5. The first-order chi connectivity index (χ1) is 14.1. The van der Waals surface area contributed by atoms with Gasteiger partial charge < -0.3 is 19.5 Å². The van der Waals surface area contributed by atoms with Crippen LogP contribution in [0, 0.1) is 0 Å². The Balaban J connectivity index is 2.09. The zero-order valence-corrected chi connectivity index (χ0v) is 16.6. The van der Waals surface area contributed by atoms with Crippen LogP contribution in [0.15, 0.2) is 67.3 Å². The average molecular weight is 395 g/mol. The summed E-state index contributed by atoms with van der Waals surface area (Å²) in [6, 6.07) is 14.1. The molecule has 1 N–H and O–H groups in total. The van der Waals surface area contributed by atoms with E-state index in [-0.39, 0.29) is 12.3 Å². The molecule has 1 unspecified atom stereocenters. The van der Waals surface area contributed by atoms with Crippen LogP contribution in [-0.4, -0.2) is 32.7 Å². The number of benzene rings is 2. The standard InChI is InChI=1S/C23H25NO5/c1-4-14-29-20-12-10-17(15-21(20)27-2)11-13-22(25)24-19(16-23(26)28-3)18-8-6-5-7-9-18/h4-13,15,19H,1,14,16H2,2-3H3,(H,24,25)/b13-11+. The summed E-state index contributed by atoms with van der Waals surface area (Å²) >= 11 is 0. The summed E-state index contributed by atoms with van der Waals surface area (Å²) in [7, 11) is 2.87. The molecule has 1 atom stereocenters. The number of amides is 1. The fourth-order valence-electron chi connectivity index (χ4n) is 2.64. The third-order valence-corrected chi connectivity index (χ3v) is 4.09. The minimum Gasteiger partial charge on any atom is -0.493 e. The minimum atomic E-state index is -0.481. The largest absolute Gasteiger partial charge is 0.493 e. The van der Waals surface area contributed by atoms with Crippen molar-refractivity contribution >= 4 is 18.0 Å². The highest BCUT2D eigenvalue weighted by molar-refractivity contribution is 5.92. The van der Waals surface area contributed by atoms with Gasteiger partial charge in [0.15, 0.2) is 11.5 Å². The number of esters is 1. The first kappa shape index (κ1) is 21.8. The zero-order chi connectivity index (χ0) is 21.1.